The number of hydrogen-bond acceptors (Lipinski definition) is 5. The van der Waals surface area contributed by atoms with E-state index in [0.29, 0.717) is 19.6 Å². The molecular weight excluding hydrogens is 358 g/mol. The SMILES string of the molecule is C=CCNC(=O)CN(Cc1ccccc1)c1c(N)n(CCCC)c(=O)[nH]c1=O. The maximum atomic E-state index is 12.6. The molecule has 0 saturated carbocycles. The average Bonchev–Trinajstić information content (AvgIpc) is 2.66. The van der Waals surface area contributed by atoms with E-state index in [4.69, 9.17) is 5.73 Å². The number of carbonyl (C=O) groups is 1. The number of benzene rings is 1. The molecule has 150 valence electrons. The van der Waals surface area contributed by atoms with Crippen LogP contribution in [0.3, 0.4) is 0 Å². The molecule has 1 heterocycles. The van der Waals surface area contributed by atoms with E-state index < -0.39 is 11.2 Å². The van der Waals surface area contributed by atoms with Gasteiger partial charge in [0, 0.05) is 19.6 Å². The summed E-state index contributed by atoms with van der Waals surface area (Å²) in [5.41, 5.74) is 6.08. The van der Waals surface area contributed by atoms with Crippen LogP contribution in [0.4, 0.5) is 11.5 Å². The van der Waals surface area contributed by atoms with Gasteiger partial charge in [0.05, 0.1) is 6.54 Å². The van der Waals surface area contributed by atoms with Crippen molar-refractivity contribution < 1.29 is 4.79 Å². The van der Waals surface area contributed by atoms with Crippen molar-refractivity contribution in [1.29, 1.82) is 0 Å². The minimum Gasteiger partial charge on any atom is -0.383 e. The molecule has 1 amide bonds. The van der Waals surface area contributed by atoms with Crippen LogP contribution in [0.1, 0.15) is 25.3 Å². The number of amides is 1. The fourth-order valence-corrected chi connectivity index (χ4v) is 2.85. The Hall–Kier alpha value is -3.29. The first-order valence-electron chi connectivity index (χ1n) is 9.27. The molecule has 0 aliphatic carbocycles. The number of rotatable bonds is 10. The van der Waals surface area contributed by atoms with Gasteiger partial charge in [-0.25, -0.2) is 4.79 Å². The fraction of sp³-hybridized carbons (Fsp3) is 0.350. The van der Waals surface area contributed by atoms with Crippen molar-refractivity contribution in [3.8, 4) is 0 Å². The first-order valence-corrected chi connectivity index (χ1v) is 9.27. The van der Waals surface area contributed by atoms with E-state index in [-0.39, 0.29) is 24.0 Å². The molecule has 0 radical (unpaired) electrons. The Kier molecular flexibility index (Phi) is 7.62. The van der Waals surface area contributed by atoms with Gasteiger partial charge >= 0.3 is 5.69 Å². The molecule has 0 aliphatic rings. The summed E-state index contributed by atoms with van der Waals surface area (Å²) in [7, 11) is 0. The van der Waals surface area contributed by atoms with Gasteiger partial charge in [0.25, 0.3) is 5.56 Å². The second kappa shape index (κ2) is 10.1. The summed E-state index contributed by atoms with van der Waals surface area (Å²) >= 11 is 0. The van der Waals surface area contributed by atoms with E-state index in [2.05, 4.69) is 16.9 Å². The van der Waals surface area contributed by atoms with Crippen LogP contribution in [0, 0.1) is 0 Å². The van der Waals surface area contributed by atoms with Crippen LogP contribution >= 0.6 is 0 Å². The minimum absolute atomic E-state index is 0.0645. The maximum absolute atomic E-state index is 12.6. The molecule has 0 aliphatic heterocycles. The van der Waals surface area contributed by atoms with Crippen molar-refractivity contribution in [2.24, 2.45) is 0 Å². The van der Waals surface area contributed by atoms with Gasteiger partial charge in [-0.05, 0) is 12.0 Å². The Morgan fingerprint density at radius 2 is 2.04 bits per heavy atom. The van der Waals surface area contributed by atoms with Crippen molar-refractivity contribution in [3.63, 3.8) is 0 Å². The number of aromatic amines is 1. The number of nitrogens with two attached hydrogens (primary N) is 1. The molecule has 0 fully saturated rings. The quantitative estimate of drug-likeness (QED) is 0.532. The Morgan fingerprint density at radius 1 is 1.32 bits per heavy atom. The van der Waals surface area contributed by atoms with Crippen molar-refractivity contribution in [1.82, 2.24) is 14.9 Å². The number of nitrogens with zero attached hydrogens (tertiary/aromatic N) is 2. The zero-order valence-corrected chi connectivity index (χ0v) is 16.1. The summed E-state index contributed by atoms with van der Waals surface area (Å²) < 4.78 is 1.35. The topological polar surface area (TPSA) is 113 Å². The van der Waals surface area contributed by atoms with Crippen molar-refractivity contribution in [2.75, 3.05) is 23.7 Å². The highest BCUT2D eigenvalue weighted by atomic mass is 16.2. The van der Waals surface area contributed by atoms with Crippen LogP contribution in [0.15, 0.2) is 52.6 Å². The maximum Gasteiger partial charge on any atom is 0.330 e. The van der Waals surface area contributed by atoms with Crippen molar-refractivity contribution in [2.45, 2.75) is 32.9 Å². The summed E-state index contributed by atoms with van der Waals surface area (Å²) in [6.07, 6.45) is 3.19. The smallest absolute Gasteiger partial charge is 0.330 e. The molecular formula is C20H27N5O3. The largest absolute Gasteiger partial charge is 0.383 e. The summed E-state index contributed by atoms with van der Waals surface area (Å²) in [4.78, 5) is 41.0. The minimum atomic E-state index is -0.609. The van der Waals surface area contributed by atoms with E-state index in [1.54, 1.807) is 11.0 Å². The second-order valence-corrected chi connectivity index (χ2v) is 6.43. The van der Waals surface area contributed by atoms with Gasteiger partial charge in [-0.2, -0.15) is 0 Å². The highest BCUT2D eigenvalue weighted by Gasteiger charge is 2.21. The fourth-order valence-electron chi connectivity index (χ4n) is 2.85. The first kappa shape index (κ1) is 21.0. The predicted octanol–water partition coefficient (Wildman–Crippen LogP) is 1.23. The highest BCUT2D eigenvalue weighted by Crippen LogP contribution is 2.19. The third kappa shape index (κ3) is 5.35. The van der Waals surface area contributed by atoms with Crippen molar-refractivity contribution >= 4 is 17.4 Å². The Morgan fingerprint density at radius 3 is 2.68 bits per heavy atom. The van der Waals surface area contributed by atoms with Crippen LogP contribution in [0.25, 0.3) is 0 Å². The Bertz CT molecular complexity index is 918. The molecule has 8 heteroatoms. The monoisotopic (exact) mass is 385 g/mol. The van der Waals surface area contributed by atoms with Gasteiger partial charge in [-0.15, -0.1) is 6.58 Å². The number of unbranched alkanes of at least 4 members (excludes halogenated alkanes) is 1. The zero-order valence-electron chi connectivity index (χ0n) is 16.1. The zero-order chi connectivity index (χ0) is 20.5. The van der Waals surface area contributed by atoms with Gasteiger partial charge in [0.1, 0.15) is 11.5 Å². The molecule has 1 aromatic carbocycles. The molecule has 1 aromatic heterocycles. The van der Waals surface area contributed by atoms with Gasteiger partial charge in [0.2, 0.25) is 5.91 Å². The lowest BCUT2D eigenvalue weighted by atomic mass is 10.2. The lowest BCUT2D eigenvalue weighted by Crippen LogP contribution is -2.42. The van der Waals surface area contributed by atoms with E-state index in [0.717, 1.165) is 18.4 Å². The molecule has 0 atom stereocenters. The molecule has 0 saturated heterocycles. The number of carbonyl (C=O) groups excluding carboxylic acids is 1. The summed E-state index contributed by atoms with van der Waals surface area (Å²) in [5.74, 6) is -0.212. The standard InChI is InChI=1S/C20H27N5O3/c1-3-5-12-25-18(21)17(19(27)23-20(25)28)24(14-16(26)22-11-4-2)13-15-9-7-6-8-10-15/h4,6-10H,2-3,5,11-14,21H2,1H3,(H,22,26)(H,23,27,28). The average molecular weight is 385 g/mol. The molecule has 0 bridgehead atoms. The lowest BCUT2D eigenvalue weighted by Gasteiger charge is -2.26. The molecule has 8 nitrogen and oxygen atoms in total. The van der Waals surface area contributed by atoms with Gasteiger partial charge in [-0.1, -0.05) is 49.8 Å². The molecule has 0 unspecified atom stereocenters. The Balaban J connectivity index is 2.46. The summed E-state index contributed by atoms with van der Waals surface area (Å²) in [6, 6.07) is 9.43. The summed E-state index contributed by atoms with van der Waals surface area (Å²) in [6.45, 7) is 6.50. The van der Waals surface area contributed by atoms with Crippen LogP contribution < -0.4 is 27.2 Å². The first-order chi connectivity index (χ1) is 13.5. The number of nitrogen functional groups attached to an aromatic ring is 1. The molecule has 2 rings (SSSR count). The van der Waals surface area contributed by atoms with Gasteiger partial charge < -0.3 is 16.0 Å². The lowest BCUT2D eigenvalue weighted by molar-refractivity contribution is -0.119. The van der Waals surface area contributed by atoms with E-state index in [1.807, 2.05) is 37.3 Å². The number of H-pyrrole nitrogens is 1. The van der Waals surface area contributed by atoms with E-state index in [9.17, 15) is 14.4 Å². The molecule has 0 spiro atoms. The van der Waals surface area contributed by atoms with Gasteiger partial charge in [-0.3, -0.25) is 19.1 Å². The van der Waals surface area contributed by atoms with E-state index >= 15 is 0 Å². The summed E-state index contributed by atoms with van der Waals surface area (Å²) in [5, 5.41) is 2.70. The number of nitrogens with one attached hydrogen (secondary N) is 2. The van der Waals surface area contributed by atoms with Crippen LogP contribution in [0.5, 0.6) is 0 Å². The van der Waals surface area contributed by atoms with Crippen LogP contribution in [-0.2, 0) is 17.9 Å². The van der Waals surface area contributed by atoms with E-state index in [1.165, 1.54) is 4.57 Å². The van der Waals surface area contributed by atoms with Crippen molar-refractivity contribution in [3.05, 3.63) is 69.4 Å². The van der Waals surface area contributed by atoms with Crippen LogP contribution in [-0.4, -0.2) is 28.5 Å². The van der Waals surface area contributed by atoms with Crippen LogP contribution in [0.2, 0.25) is 0 Å². The predicted molar refractivity (Wildman–Crippen MR) is 111 cm³/mol. The molecule has 2 aromatic rings. The number of hydrogen-bond donors (Lipinski definition) is 3. The third-order valence-corrected chi connectivity index (χ3v) is 4.26. The molecule has 28 heavy (non-hydrogen) atoms. The number of anilines is 2. The Labute approximate surface area is 163 Å². The third-order valence-electron chi connectivity index (χ3n) is 4.26. The normalized spacial score (nSPS) is 10.5. The second-order valence-electron chi connectivity index (χ2n) is 6.43. The molecule has 4 N–H and O–H groups in total. The highest BCUT2D eigenvalue weighted by molar-refractivity contribution is 5.82. The number of aromatic nitrogens is 2. The van der Waals surface area contributed by atoms with Gasteiger partial charge in [0.15, 0.2) is 0 Å².